The van der Waals surface area contributed by atoms with Gasteiger partial charge in [0.15, 0.2) is 24.3 Å². The van der Waals surface area contributed by atoms with Crippen molar-refractivity contribution in [3.63, 3.8) is 0 Å². The van der Waals surface area contributed by atoms with Crippen LogP contribution in [0.2, 0.25) is 0 Å². The molecule has 0 aliphatic carbocycles. The molecule has 0 radical (unpaired) electrons. The fourth-order valence-electron chi connectivity index (χ4n) is 3.01. The molecule has 6 nitrogen and oxygen atoms in total. The van der Waals surface area contributed by atoms with Gasteiger partial charge in [0.25, 0.3) is 0 Å². The van der Waals surface area contributed by atoms with Crippen LogP contribution in [-0.2, 0) is 16.0 Å². The number of fused-ring (bicyclic) bond motifs is 2. The molecule has 29 heavy (non-hydrogen) atoms. The molecule has 3 heterocycles. The topological polar surface area (TPSA) is 68.2 Å². The lowest BCUT2D eigenvalue weighted by atomic mass is 10.1. The van der Waals surface area contributed by atoms with Gasteiger partial charge in [-0.1, -0.05) is 19.1 Å². The SMILES string of the molecule is CCCOC(Cc1ccc(OCN2c3sccc3Oc3ccsc32)cc1)C(=O)O. The van der Waals surface area contributed by atoms with Crippen LogP contribution in [0, 0.1) is 0 Å². The van der Waals surface area contributed by atoms with Crippen LogP contribution in [0.1, 0.15) is 18.9 Å². The summed E-state index contributed by atoms with van der Waals surface area (Å²) in [7, 11) is 0. The van der Waals surface area contributed by atoms with Crippen molar-refractivity contribution in [1.82, 2.24) is 0 Å². The van der Waals surface area contributed by atoms with Crippen LogP contribution in [0.5, 0.6) is 17.2 Å². The highest BCUT2D eigenvalue weighted by Crippen LogP contribution is 2.51. The summed E-state index contributed by atoms with van der Waals surface area (Å²) >= 11 is 3.22. The van der Waals surface area contributed by atoms with E-state index in [0.717, 1.165) is 39.2 Å². The van der Waals surface area contributed by atoms with E-state index in [4.69, 9.17) is 14.2 Å². The largest absolute Gasteiger partial charge is 0.479 e. The van der Waals surface area contributed by atoms with Crippen molar-refractivity contribution in [1.29, 1.82) is 0 Å². The lowest BCUT2D eigenvalue weighted by Crippen LogP contribution is -2.26. The minimum Gasteiger partial charge on any atom is -0.479 e. The molecule has 0 bridgehead atoms. The quantitative estimate of drug-likeness (QED) is 0.482. The Balaban J connectivity index is 1.40. The van der Waals surface area contributed by atoms with Gasteiger partial charge >= 0.3 is 5.97 Å². The van der Waals surface area contributed by atoms with Gasteiger partial charge in [-0.25, -0.2) is 4.79 Å². The molecule has 1 aliphatic rings. The van der Waals surface area contributed by atoms with E-state index in [9.17, 15) is 9.90 Å². The van der Waals surface area contributed by atoms with Crippen LogP contribution in [0.4, 0.5) is 10.0 Å². The summed E-state index contributed by atoms with van der Waals surface area (Å²) < 4.78 is 17.3. The Morgan fingerprint density at radius 2 is 1.76 bits per heavy atom. The normalized spacial score (nSPS) is 13.3. The van der Waals surface area contributed by atoms with Gasteiger partial charge in [0.2, 0.25) is 0 Å². The zero-order valence-electron chi connectivity index (χ0n) is 15.9. The van der Waals surface area contributed by atoms with E-state index >= 15 is 0 Å². The zero-order chi connectivity index (χ0) is 20.2. The third-order valence-electron chi connectivity index (χ3n) is 4.43. The number of rotatable bonds is 9. The third-order valence-corrected chi connectivity index (χ3v) is 6.27. The molecular formula is C21H21NO5S2. The summed E-state index contributed by atoms with van der Waals surface area (Å²) in [5.74, 6) is 1.46. The summed E-state index contributed by atoms with van der Waals surface area (Å²) in [6.45, 7) is 2.76. The number of carbonyl (C=O) groups is 1. The number of aliphatic carboxylic acids is 1. The van der Waals surface area contributed by atoms with E-state index in [0.29, 0.717) is 19.8 Å². The molecule has 1 aromatic carbocycles. The van der Waals surface area contributed by atoms with E-state index < -0.39 is 12.1 Å². The summed E-state index contributed by atoms with van der Waals surface area (Å²) in [6.07, 6.45) is 0.288. The number of carboxylic acids is 1. The first-order valence-corrected chi connectivity index (χ1v) is 11.1. The molecule has 0 spiro atoms. The van der Waals surface area contributed by atoms with Crippen LogP contribution in [0.3, 0.4) is 0 Å². The van der Waals surface area contributed by atoms with E-state index in [1.807, 2.05) is 54.1 Å². The molecule has 8 heteroatoms. The standard InChI is InChI=1S/C21H21NO5S2/c1-2-9-25-18(21(23)24)12-14-3-5-15(6-4-14)26-13-22-19-16(7-10-28-19)27-17-8-11-29-20(17)22/h3-8,10-11,18H,2,9,12-13H2,1H3,(H,23,24). The first-order valence-electron chi connectivity index (χ1n) is 9.32. The first-order chi connectivity index (χ1) is 14.2. The van der Waals surface area contributed by atoms with Crippen LogP contribution in [0.25, 0.3) is 0 Å². The fraction of sp³-hybridized carbons (Fsp3) is 0.286. The second kappa shape index (κ2) is 8.86. The lowest BCUT2D eigenvalue weighted by molar-refractivity contribution is -0.150. The monoisotopic (exact) mass is 431 g/mol. The Bertz CT molecular complexity index is 925. The van der Waals surface area contributed by atoms with Crippen molar-refractivity contribution in [3.05, 3.63) is 52.7 Å². The minimum absolute atomic E-state index is 0.330. The molecule has 0 saturated carbocycles. The molecule has 2 aromatic heterocycles. The average Bonchev–Trinajstić information content (AvgIpc) is 3.38. The Hall–Kier alpha value is -2.55. The van der Waals surface area contributed by atoms with Gasteiger partial charge in [-0.15, -0.1) is 22.7 Å². The van der Waals surface area contributed by atoms with Gasteiger partial charge < -0.3 is 19.3 Å². The predicted molar refractivity (Wildman–Crippen MR) is 114 cm³/mol. The molecule has 3 aromatic rings. The van der Waals surface area contributed by atoms with Crippen molar-refractivity contribution in [2.75, 3.05) is 18.2 Å². The number of nitrogens with zero attached hydrogens (tertiary/aromatic N) is 1. The van der Waals surface area contributed by atoms with Gasteiger partial charge in [0.1, 0.15) is 15.8 Å². The van der Waals surface area contributed by atoms with Gasteiger partial charge in [-0.3, -0.25) is 4.90 Å². The van der Waals surface area contributed by atoms with E-state index in [2.05, 4.69) is 4.90 Å². The third kappa shape index (κ3) is 4.39. The maximum Gasteiger partial charge on any atom is 0.333 e. The van der Waals surface area contributed by atoms with Gasteiger partial charge in [-0.2, -0.15) is 0 Å². The molecule has 1 unspecified atom stereocenters. The number of carboxylic acid groups (broad SMARTS) is 1. The predicted octanol–water partition coefficient (Wildman–Crippen LogP) is 5.51. The Morgan fingerprint density at radius 1 is 1.10 bits per heavy atom. The van der Waals surface area contributed by atoms with Gasteiger partial charge in [-0.05, 0) is 47.0 Å². The Labute approximate surface area is 176 Å². The summed E-state index contributed by atoms with van der Waals surface area (Å²) in [4.78, 5) is 13.5. The molecule has 0 fully saturated rings. The molecule has 0 amide bonds. The minimum atomic E-state index is -0.940. The number of benzene rings is 1. The molecular weight excluding hydrogens is 410 g/mol. The van der Waals surface area contributed by atoms with Crippen LogP contribution in [-0.4, -0.2) is 30.5 Å². The molecule has 4 rings (SSSR count). The Kier molecular flexibility index (Phi) is 6.03. The highest BCUT2D eigenvalue weighted by atomic mass is 32.1. The van der Waals surface area contributed by atoms with Crippen LogP contribution in [0.15, 0.2) is 47.2 Å². The summed E-state index contributed by atoms with van der Waals surface area (Å²) in [6, 6.07) is 11.4. The number of anilines is 2. The van der Waals surface area contributed by atoms with Gasteiger partial charge in [0, 0.05) is 13.0 Å². The van der Waals surface area contributed by atoms with Crippen molar-refractivity contribution in [2.45, 2.75) is 25.9 Å². The van der Waals surface area contributed by atoms with Gasteiger partial charge in [0.05, 0.1) is 0 Å². The van der Waals surface area contributed by atoms with Crippen LogP contribution >= 0.6 is 22.7 Å². The Morgan fingerprint density at radius 3 is 2.34 bits per heavy atom. The number of hydrogen-bond donors (Lipinski definition) is 1. The lowest BCUT2D eigenvalue weighted by Gasteiger charge is -2.27. The molecule has 1 N–H and O–H groups in total. The maximum atomic E-state index is 11.3. The second-order valence-corrected chi connectivity index (χ2v) is 8.32. The summed E-state index contributed by atoms with van der Waals surface area (Å²) in [5, 5.41) is 15.4. The zero-order valence-corrected chi connectivity index (χ0v) is 17.5. The average molecular weight is 432 g/mol. The number of ether oxygens (including phenoxy) is 3. The smallest absolute Gasteiger partial charge is 0.333 e. The molecule has 0 saturated heterocycles. The van der Waals surface area contributed by atoms with E-state index in [1.54, 1.807) is 22.7 Å². The molecule has 152 valence electrons. The highest BCUT2D eigenvalue weighted by molar-refractivity contribution is 7.17. The second-order valence-electron chi connectivity index (χ2n) is 6.53. The van der Waals surface area contributed by atoms with E-state index in [1.165, 1.54) is 0 Å². The fourth-order valence-corrected chi connectivity index (χ4v) is 4.70. The molecule has 1 aliphatic heterocycles. The van der Waals surface area contributed by atoms with Crippen molar-refractivity contribution < 1.29 is 24.1 Å². The number of hydrogen-bond acceptors (Lipinski definition) is 7. The van der Waals surface area contributed by atoms with Crippen molar-refractivity contribution >= 4 is 38.6 Å². The number of thiophene rings is 2. The first kappa shape index (κ1) is 19.8. The molecule has 1 atom stereocenters. The van der Waals surface area contributed by atoms with Crippen LogP contribution < -0.4 is 14.4 Å². The van der Waals surface area contributed by atoms with Crippen molar-refractivity contribution in [2.24, 2.45) is 0 Å². The summed E-state index contributed by atoms with van der Waals surface area (Å²) in [5.41, 5.74) is 0.897. The van der Waals surface area contributed by atoms with E-state index in [-0.39, 0.29) is 0 Å². The van der Waals surface area contributed by atoms with Crippen molar-refractivity contribution in [3.8, 4) is 17.2 Å². The maximum absolute atomic E-state index is 11.3. The highest BCUT2D eigenvalue weighted by Gasteiger charge is 2.27.